The van der Waals surface area contributed by atoms with Gasteiger partial charge in [-0.2, -0.15) is 0 Å². The highest BCUT2D eigenvalue weighted by atomic mass is 16.6. The summed E-state index contributed by atoms with van der Waals surface area (Å²) in [6.45, 7) is 0. The van der Waals surface area contributed by atoms with Crippen LogP contribution in [-0.4, -0.2) is 17.0 Å². The number of rotatable bonds is 3. The fourth-order valence-electron chi connectivity index (χ4n) is 1.33. The van der Waals surface area contributed by atoms with E-state index in [9.17, 15) is 20.0 Å². The number of carboxylic acids is 1. The Morgan fingerprint density at radius 3 is 2.33 bits per heavy atom. The number of hydrogen-bond donors (Lipinski definition) is 0. The van der Waals surface area contributed by atoms with Gasteiger partial charge in [0.05, 0.1) is 10.9 Å². The quantitative estimate of drug-likeness (QED) is 0.389. The summed E-state index contributed by atoms with van der Waals surface area (Å²) < 4.78 is 4.83. The summed E-state index contributed by atoms with van der Waals surface area (Å²) in [5.41, 5.74) is 0.569. The molecule has 0 saturated carbocycles. The summed E-state index contributed by atoms with van der Waals surface area (Å²) in [6.07, 6.45) is -1.46. The molecule has 1 aromatic rings. The SMILES string of the molecule is O=C([O-])[C@H]1O[C@H]1c1ccc([N+](=O)[O-])cc1. The molecular weight excluding hydrogens is 202 g/mol. The molecule has 1 aliphatic rings. The number of epoxide rings is 1. The molecule has 6 nitrogen and oxygen atoms in total. The van der Waals surface area contributed by atoms with Crippen molar-refractivity contribution in [3.8, 4) is 0 Å². The third-order valence-electron chi connectivity index (χ3n) is 2.16. The Bertz CT molecular complexity index is 413. The van der Waals surface area contributed by atoms with Gasteiger partial charge < -0.3 is 14.6 Å². The molecule has 2 rings (SSSR count). The Kier molecular flexibility index (Phi) is 2.12. The van der Waals surface area contributed by atoms with Gasteiger partial charge >= 0.3 is 0 Å². The maximum absolute atomic E-state index is 10.4. The number of hydrogen-bond acceptors (Lipinski definition) is 5. The Labute approximate surface area is 84.2 Å². The van der Waals surface area contributed by atoms with Crippen LogP contribution in [0.2, 0.25) is 0 Å². The van der Waals surface area contributed by atoms with E-state index >= 15 is 0 Å². The van der Waals surface area contributed by atoms with E-state index in [1.807, 2.05) is 0 Å². The standard InChI is InChI=1S/C9H7NO5/c11-9(12)8-7(15-8)5-1-3-6(4-2-5)10(13)14/h1-4,7-8H,(H,11,12)/p-1/t7-,8-/m0/s1. The van der Waals surface area contributed by atoms with Crippen molar-refractivity contribution in [1.82, 2.24) is 0 Å². The molecule has 2 atom stereocenters. The minimum absolute atomic E-state index is 0.0376. The van der Waals surface area contributed by atoms with Gasteiger partial charge in [0.15, 0.2) is 0 Å². The topological polar surface area (TPSA) is 95.8 Å². The van der Waals surface area contributed by atoms with E-state index in [4.69, 9.17) is 4.74 Å². The second kappa shape index (κ2) is 3.32. The van der Waals surface area contributed by atoms with Crippen LogP contribution in [0.4, 0.5) is 5.69 Å². The number of carbonyl (C=O) groups excluding carboxylic acids is 1. The fraction of sp³-hybridized carbons (Fsp3) is 0.222. The van der Waals surface area contributed by atoms with E-state index in [0.717, 1.165) is 0 Å². The highest BCUT2D eigenvalue weighted by Gasteiger charge is 2.41. The van der Waals surface area contributed by atoms with Crippen LogP contribution in [0.3, 0.4) is 0 Å². The molecule has 78 valence electrons. The van der Waals surface area contributed by atoms with Crippen molar-refractivity contribution in [2.45, 2.75) is 12.2 Å². The third kappa shape index (κ3) is 1.79. The highest BCUT2D eigenvalue weighted by Crippen LogP contribution is 2.38. The van der Waals surface area contributed by atoms with Gasteiger partial charge in [-0.1, -0.05) is 0 Å². The van der Waals surface area contributed by atoms with E-state index in [-0.39, 0.29) is 5.69 Å². The Hall–Kier alpha value is -1.95. The molecule has 0 aliphatic carbocycles. The number of non-ortho nitro benzene ring substituents is 1. The first-order valence-corrected chi connectivity index (χ1v) is 4.20. The summed E-state index contributed by atoms with van der Waals surface area (Å²) in [5, 5.41) is 20.7. The van der Waals surface area contributed by atoms with Crippen molar-refractivity contribution in [3.63, 3.8) is 0 Å². The molecular formula is C9H6NO5-. The number of aliphatic carboxylic acids is 1. The zero-order valence-corrected chi connectivity index (χ0v) is 7.45. The van der Waals surface area contributed by atoms with E-state index in [1.165, 1.54) is 24.3 Å². The summed E-state index contributed by atoms with van der Waals surface area (Å²) in [5.74, 6) is -1.27. The van der Waals surface area contributed by atoms with Gasteiger partial charge in [0.2, 0.25) is 0 Å². The number of nitrogens with zero attached hydrogens (tertiary/aromatic N) is 1. The second-order valence-corrected chi connectivity index (χ2v) is 3.14. The maximum Gasteiger partial charge on any atom is 0.269 e. The summed E-state index contributed by atoms with van der Waals surface area (Å²) in [7, 11) is 0. The Morgan fingerprint density at radius 2 is 1.93 bits per heavy atom. The minimum atomic E-state index is -1.27. The van der Waals surface area contributed by atoms with Crippen molar-refractivity contribution >= 4 is 11.7 Å². The van der Waals surface area contributed by atoms with Crippen LogP contribution in [0.5, 0.6) is 0 Å². The van der Waals surface area contributed by atoms with E-state index in [2.05, 4.69) is 0 Å². The third-order valence-corrected chi connectivity index (χ3v) is 2.16. The van der Waals surface area contributed by atoms with Gasteiger partial charge in [-0.25, -0.2) is 0 Å². The van der Waals surface area contributed by atoms with Gasteiger partial charge in [0, 0.05) is 12.1 Å². The molecule has 0 aromatic heterocycles. The molecule has 15 heavy (non-hydrogen) atoms. The first-order valence-electron chi connectivity index (χ1n) is 4.20. The van der Waals surface area contributed by atoms with Gasteiger partial charge in [0.25, 0.3) is 5.69 Å². The fourth-order valence-corrected chi connectivity index (χ4v) is 1.33. The Morgan fingerprint density at radius 1 is 1.33 bits per heavy atom. The van der Waals surface area contributed by atoms with Crippen LogP contribution in [-0.2, 0) is 9.53 Å². The molecule has 1 aromatic carbocycles. The summed E-state index contributed by atoms with van der Waals surface area (Å²) in [6, 6.07) is 5.57. The minimum Gasteiger partial charge on any atom is -0.547 e. The normalized spacial score (nSPS) is 23.5. The van der Waals surface area contributed by atoms with Gasteiger partial charge in [-0.15, -0.1) is 0 Å². The molecule has 6 heteroatoms. The van der Waals surface area contributed by atoms with Crippen molar-refractivity contribution in [2.24, 2.45) is 0 Å². The lowest BCUT2D eigenvalue weighted by molar-refractivity contribution is -0.384. The molecule has 1 aliphatic heterocycles. The van der Waals surface area contributed by atoms with E-state index in [0.29, 0.717) is 5.56 Å². The van der Waals surface area contributed by atoms with Gasteiger partial charge in [-0.05, 0) is 17.7 Å². The van der Waals surface area contributed by atoms with Crippen LogP contribution >= 0.6 is 0 Å². The first-order chi connectivity index (χ1) is 7.09. The van der Waals surface area contributed by atoms with Crippen LogP contribution < -0.4 is 5.11 Å². The number of carbonyl (C=O) groups is 1. The smallest absolute Gasteiger partial charge is 0.269 e. The molecule has 0 unspecified atom stereocenters. The van der Waals surface area contributed by atoms with Crippen LogP contribution in [0, 0.1) is 10.1 Å². The largest absolute Gasteiger partial charge is 0.547 e. The van der Waals surface area contributed by atoms with E-state index < -0.39 is 23.1 Å². The first kappa shape index (κ1) is 9.60. The number of carboxylic acid groups (broad SMARTS) is 1. The Balaban J connectivity index is 2.12. The lowest BCUT2D eigenvalue weighted by atomic mass is 10.1. The zero-order chi connectivity index (χ0) is 11.0. The summed E-state index contributed by atoms with van der Waals surface area (Å²) >= 11 is 0. The predicted octanol–water partition coefficient (Wildman–Crippen LogP) is -0.215. The average Bonchev–Trinajstić information content (AvgIpc) is 2.97. The molecule has 0 N–H and O–H groups in total. The maximum atomic E-state index is 10.4. The second-order valence-electron chi connectivity index (χ2n) is 3.14. The van der Waals surface area contributed by atoms with Gasteiger partial charge in [0.1, 0.15) is 12.2 Å². The van der Waals surface area contributed by atoms with Crippen LogP contribution in [0.15, 0.2) is 24.3 Å². The molecule has 1 saturated heterocycles. The average molecular weight is 208 g/mol. The van der Waals surface area contributed by atoms with Crippen molar-refractivity contribution in [2.75, 3.05) is 0 Å². The van der Waals surface area contributed by atoms with E-state index in [1.54, 1.807) is 0 Å². The number of ether oxygens (including phenoxy) is 1. The number of nitro benzene ring substituents is 1. The van der Waals surface area contributed by atoms with Crippen molar-refractivity contribution in [3.05, 3.63) is 39.9 Å². The van der Waals surface area contributed by atoms with Crippen molar-refractivity contribution in [1.29, 1.82) is 0 Å². The molecule has 0 radical (unpaired) electrons. The van der Waals surface area contributed by atoms with Crippen molar-refractivity contribution < 1.29 is 19.6 Å². The molecule has 1 fully saturated rings. The number of nitro groups is 1. The predicted molar refractivity (Wildman–Crippen MR) is 45.7 cm³/mol. The lowest BCUT2D eigenvalue weighted by Gasteiger charge is -1.96. The van der Waals surface area contributed by atoms with Crippen LogP contribution in [0.1, 0.15) is 11.7 Å². The van der Waals surface area contributed by atoms with Crippen LogP contribution in [0.25, 0.3) is 0 Å². The molecule has 0 spiro atoms. The molecule has 1 heterocycles. The number of benzene rings is 1. The highest BCUT2D eigenvalue weighted by molar-refractivity contribution is 5.74. The van der Waals surface area contributed by atoms with Gasteiger partial charge in [-0.3, -0.25) is 10.1 Å². The monoisotopic (exact) mass is 208 g/mol. The zero-order valence-electron chi connectivity index (χ0n) is 7.45. The molecule has 0 amide bonds. The lowest BCUT2D eigenvalue weighted by Crippen LogP contribution is -2.28. The summed E-state index contributed by atoms with van der Waals surface area (Å²) in [4.78, 5) is 20.2. The molecule has 0 bridgehead atoms.